The van der Waals surface area contributed by atoms with E-state index in [1.54, 1.807) is 12.1 Å². The highest BCUT2D eigenvalue weighted by molar-refractivity contribution is 6.06. The first-order chi connectivity index (χ1) is 14.2. The highest BCUT2D eigenvalue weighted by Crippen LogP contribution is 2.44. The molecule has 3 aliphatic rings. The Morgan fingerprint density at radius 2 is 1.45 bits per heavy atom. The summed E-state index contributed by atoms with van der Waals surface area (Å²) in [6.45, 7) is 0.484. The molecule has 0 radical (unpaired) electrons. The van der Waals surface area contributed by atoms with Crippen molar-refractivity contribution in [2.45, 2.75) is 12.2 Å². The Morgan fingerprint density at radius 3 is 2.00 bits per heavy atom. The number of carbonyl (C=O) groups is 2. The van der Waals surface area contributed by atoms with Crippen LogP contribution in [0.3, 0.4) is 0 Å². The van der Waals surface area contributed by atoms with Crippen molar-refractivity contribution in [1.82, 2.24) is 4.90 Å². The molecule has 0 N–H and O–H groups in total. The van der Waals surface area contributed by atoms with Crippen LogP contribution in [0.4, 0.5) is 0 Å². The van der Waals surface area contributed by atoms with Crippen LogP contribution >= 0.6 is 0 Å². The van der Waals surface area contributed by atoms with E-state index in [2.05, 4.69) is 6.07 Å². The molecule has 0 aliphatic carbocycles. The summed E-state index contributed by atoms with van der Waals surface area (Å²) < 4.78 is 11.4. The van der Waals surface area contributed by atoms with E-state index in [9.17, 15) is 9.59 Å². The van der Waals surface area contributed by atoms with E-state index in [1.165, 1.54) is 4.90 Å². The van der Waals surface area contributed by atoms with E-state index in [-0.39, 0.29) is 49.0 Å². The van der Waals surface area contributed by atoms with Gasteiger partial charge in [0.2, 0.25) is 11.8 Å². The molecule has 144 valence electrons. The summed E-state index contributed by atoms with van der Waals surface area (Å²) in [4.78, 5) is 26.5. The smallest absolute Gasteiger partial charge is 0.236 e. The van der Waals surface area contributed by atoms with Gasteiger partial charge in [0.25, 0.3) is 0 Å². The number of fused-ring (bicyclic) bond motifs is 5. The van der Waals surface area contributed by atoms with Crippen molar-refractivity contribution in [3.8, 4) is 22.9 Å². The predicted octanol–water partition coefficient (Wildman–Crippen LogP) is 2.54. The third kappa shape index (κ3) is 2.91. The molecule has 6 nitrogen and oxygen atoms in total. The maximum absolute atomic E-state index is 12.6. The van der Waals surface area contributed by atoms with Crippen molar-refractivity contribution in [1.29, 1.82) is 5.26 Å². The molecular formula is C23H18N2O4. The lowest BCUT2D eigenvalue weighted by Crippen LogP contribution is -2.37. The lowest BCUT2D eigenvalue weighted by molar-refractivity contribution is -0.142. The zero-order valence-electron chi connectivity index (χ0n) is 15.5. The van der Waals surface area contributed by atoms with Gasteiger partial charge in [-0.15, -0.1) is 0 Å². The van der Waals surface area contributed by atoms with Crippen LogP contribution in [0.1, 0.15) is 5.56 Å². The Labute approximate surface area is 167 Å². The van der Waals surface area contributed by atoms with Crippen LogP contribution in [0, 0.1) is 23.2 Å². The summed E-state index contributed by atoms with van der Waals surface area (Å²) in [7, 11) is 0. The average Bonchev–Trinajstić information content (AvgIpc) is 3.44. The average molecular weight is 386 g/mol. The predicted molar refractivity (Wildman–Crippen MR) is 104 cm³/mol. The molecule has 2 aromatic carbocycles. The quantitative estimate of drug-likeness (QED) is 0.583. The van der Waals surface area contributed by atoms with Crippen LogP contribution in [0.2, 0.25) is 0 Å². The van der Waals surface area contributed by atoms with E-state index in [1.807, 2.05) is 48.6 Å². The third-order valence-corrected chi connectivity index (χ3v) is 5.79. The number of rotatable bonds is 5. The molecule has 0 spiro atoms. The normalized spacial score (nSPS) is 26.7. The molecule has 29 heavy (non-hydrogen) atoms. The van der Waals surface area contributed by atoms with E-state index < -0.39 is 0 Å². The number of ether oxygens (including phenoxy) is 2. The summed E-state index contributed by atoms with van der Waals surface area (Å²) in [6.07, 6.45) is 3.24. The van der Waals surface area contributed by atoms with Crippen LogP contribution in [0.25, 0.3) is 11.1 Å². The monoisotopic (exact) mass is 386 g/mol. The number of amides is 2. The Kier molecular flexibility index (Phi) is 4.18. The van der Waals surface area contributed by atoms with Gasteiger partial charge in [-0.2, -0.15) is 5.26 Å². The summed E-state index contributed by atoms with van der Waals surface area (Å²) in [5, 5.41) is 8.88. The molecule has 2 saturated heterocycles. The van der Waals surface area contributed by atoms with Gasteiger partial charge in [0.05, 0.1) is 42.2 Å². The van der Waals surface area contributed by atoms with Crippen molar-refractivity contribution in [2.24, 2.45) is 11.8 Å². The van der Waals surface area contributed by atoms with Gasteiger partial charge in [-0.1, -0.05) is 36.4 Å². The van der Waals surface area contributed by atoms with Gasteiger partial charge >= 0.3 is 0 Å². The van der Waals surface area contributed by atoms with Gasteiger partial charge in [-0.3, -0.25) is 14.5 Å². The van der Waals surface area contributed by atoms with Gasteiger partial charge in [0.15, 0.2) is 0 Å². The van der Waals surface area contributed by atoms with Crippen molar-refractivity contribution < 1.29 is 19.1 Å². The number of likely N-dealkylation sites (tertiary alicyclic amines) is 1. The zero-order valence-corrected chi connectivity index (χ0v) is 15.5. The van der Waals surface area contributed by atoms with E-state index in [0.717, 1.165) is 11.1 Å². The molecule has 4 atom stereocenters. The zero-order chi connectivity index (χ0) is 20.0. The fourth-order valence-corrected chi connectivity index (χ4v) is 4.32. The van der Waals surface area contributed by atoms with Gasteiger partial charge in [0, 0.05) is 0 Å². The minimum atomic E-state index is -0.371. The summed E-state index contributed by atoms with van der Waals surface area (Å²) in [5.74, 6) is -0.381. The van der Waals surface area contributed by atoms with Crippen molar-refractivity contribution >= 4 is 11.8 Å². The molecule has 0 aromatic heterocycles. The maximum Gasteiger partial charge on any atom is 0.236 e. The first-order valence-corrected chi connectivity index (χ1v) is 9.58. The SMILES string of the molecule is N#Cc1ccc(-c2ccc(OCCN3C(=O)[C@@H]4[C@H](C3=O)[C@H]3C=C[C@@H]4O3)cc2)cc1. The Balaban J connectivity index is 1.19. The number of hydrogen-bond donors (Lipinski definition) is 0. The number of imide groups is 1. The fraction of sp³-hybridized carbons (Fsp3) is 0.261. The number of hydrogen-bond acceptors (Lipinski definition) is 5. The topological polar surface area (TPSA) is 79.6 Å². The molecule has 3 heterocycles. The minimum Gasteiger partial charge on any atom is -0.492 e. The molecule has 3 aliphatic heterocycles. The Bertz CT molecular complexity index is 1010. The summed E-state index contributed by atoms with van der Waals surface area (Å²) in [5.41, 5.74) is 2.66. The standard InChI is InChI=1S/C23H18N2O4/c24-13-14-1-3-15(4-2-14)16-5-7-17(8-6-16)28-12-11-25-22(26)20-18-9-10-19(29-18)21(20)23(25)27/h1-10,18-21H,11-12H2/t18-,19+,20-,21+. The number of nitrogens with zero attached hydrogens (tertiary/aromatic N) is 2. The minimum absolute atomic E-state index is 0.156. The van der Waals surface area contributed by atoms with Crippen LogP contribution in [-0.4, -0.2) is 42.1 Å². The molecule has 2 bridgehead atoms. The summed E-state index contributed by atoms with van der Waals surface area (Å²) in [6, 6.07) is 17.1. The molecule has 2 amide bonds. The van der Waals surface area contributed by atoms with Crippen molar-refractivity contribution in [2.75, 3.05) is 13.2 Å². The summed E-state index contributed by atoms with van der Waals surface area (Å²) >= 11 is 0. The molecular weight excluding hydrogens is 368 g/mol. The highest BCUT2D eigenvalue weighted by Gasteiger charge is 2.60. The highest BCUT2D eigenvalue weighted by atomic mass is 16.5. The largest absolute Gasteiger partial charge is 0.492 e. The van der Waals surface area contributed by atoms with Crippen LogP contribution in [-0.2, 0) is 14.3 Å². The molecule has 2 fully saturated rings. The molecule has 0 unspecified atom stereocenters. The van der Waals surface area contributed by atoms with Gasteiger partial charge in [-0.05, 0) is 35.4 Å². The second-order valence-corrected chi connectivity index (χ2v) is 7.39. The molecule has 6 heteroatoms. The number of carbonyl (C=O) groups excluding carboxylic acids is 2. The second-order valence-electron chi connectivity index (χ2n) is 7.39. The van der Waals surface area contributed by atoms with E-state index in [0.29, 0.717) is 11.3 Å². The Morgan fingerprint density at radius 1 is 0.897 bits per heavy atom. The van der Waals surface area contributed by atoms with Crippen molar-refractivity contribution in [3.63, 3.8) is 0 Å². The number of nitriles is 1. The van der Waals surface area contributed by atoms with Crippen LogP contribution in [0.15, 0.2) is 60.7 Å². The van der Waals surface area contributed by atoms with Crippen LogP contribution in [0.5, 0.6) is 5.75 Å². The van der Waals surface area contributed by atoms with E-state index in [4.69, 9.17) is 14.7 Å². The van der Waals surface area contributed by atoms with Crippen LogP contribution < -0.4 is 4.74 Å². The molecule has 5 rings (SSSR count). The first-order valence-electron chi connectivity index (χ1n) is 9.58. The van der Waals surface area contributed by atoms with E-state index >= 15 is 0 Å². The Hall–Kier alpha value is -3.43. The lowest BCUT2D eigenvalue weighted by Gasteiger charge is -2.17. The molecule has 0 saturated carbocycles. The van der Waals surface area contributed by atoms with Gasteiger partial charge < -0.3 is 9.47 Å². The van der Waals surface area contributed by atoms with Crippen molar-refractivity contribution in [3.05, 3.63) is 66.2 Å². The van der Waals surface area contributed by atoms with Gasteiger partial charge in [-0.25, -0.2) is 0 Å². The first kappa shape index (κ1) is 17.7. The molecule has 2 aromatic rings. The lowest BCUT2D eigenvalue weighted by atomic mass is 9.85. The number of benzene rings is 2. The fourth-order valence-electron chi connectivity index (χ4n) is 4.32. The second kappa shape index (κ2) is 6.87. The van der Waals surface area contributed by atoms with Gasteiger partial charge in [0.1, 0.15) is 12.4 Å². The maximum atomic E-state index is 12.6. The third-order valence-electron chi connectivity index (χ3n) is 5.79.